The van der Waals surface area contributed by atoms with Crippen LogP contribution in [-0.4, -0.2) is 39.0 Å². The molecule has 0 bridgehead atoms. The molecule has 2 unspecified atom stereocenters. The van der Waals surface area contributed by atoms with Gasteiger partial charge in [-0.05, 0) is 62.8 Å². The first-order valence-corrected chi connectivity index (χ1v) is 10.3. The molecule has 0 radical (unpaired) electrons. The number of hydrogen-bond donors (Lipinski definition) is 1. The van der Waals surface area contributed by atoms with Crippen LogP contribution in [0.2, 0.25) is 0 Å². The third-order valence-corrected chi connectivity index (χ3v) is 5.47. The number of benzene rings is 1. The molecule has 2 fully saturated rings. The van der Waals surface area contributed by atoms with Crippen LogP contribution in [-0.2, 0) is 9.47 Å². The molecule has 2 aliphatic rings. The number of hydrogen-bond acceptors (Lipinski definition) is 6. The Balaban J connectivity index is 1.59. The number of rotatable bonds is 4. The predicted octanol–water partition coefficient (Wildman–Crippen LogP) is 4.27. The van der Waals surface area contributed by atoms with Crippen LogP contribution in [0.25, 0.3) is 22.4 Å². The maximum atomic E-state index is 13.5. The maximum Gasteiger partial charge on any atom is 0.227 e. The van der Waals surface area contributed by atoms with Crippen LogP contribution in [0.4, 0.5) is 10.3 Å². The van der Waals surface area contributed by atoms with Crippen molar-refractivity contribution in [3.8, 4) is 11.3 Å². The molecule has 3 aromatic rings. The van der Waals surface area contributed by atoms with Crippen molar-refractivity contribution in [3.63, 3.8) is 0 Å². The van der Waals surface area contributed by atoms with E-state index in [2.05, 4.69) is 10.3 Å². The van der Waals surface area contributed by atoms with Gasteiger partial charge in [0.15, 0.2) is 5.65 Å². The Morgan fingerprint density at radius 1 is 0.966 bits per heavy atom. The monoisotopic (exact) mass is 397 g/mol. The third kappa shape index (κ3) is 3.82. The Morgan fingerprint density at radius 2 is 1.76 bits per heavy atom. The summed E-state index contributed by atoms with van der Waals surface area (Å²) in [5.41, 5.74) is 2.86. The number of ether oxygens (including phenoxy) is 2. The van der Waals surface area contributed by atoms with Gasteiger partial charge in [0.25, 0.3) is 0 Å². The summed E-state index contributed by atoms with van der Waals surface area (Å²) in [6.07, 6.45) is 7.79. The van der Waals surface area contributed by atoms with Crippen molar-refractivity contribution in [2.45, 2.75) is 51.0 Å². The van der Waals surface area contributed by atoms with E-state index < -0.39 is 0 Å². The van der Waals surface area contributed by atoms with E-state index >= 15 is 0 Å². The van der Waals surface area contributed by atoms with Crippen molar-refractivity contribution in [1.29, 1.82) is 0 Å². The highest BCUT2D eigenvalue weighted by molar-refractivity contribution is 5.88. The number of imidazole rings is 1. The lowest BCUT2D eigenvalue weighted by atomic mass is 10.1. The highest BCUT2D eigenvalue weighted by Crippen LogP contribution is 2.31. The Morgan fingerprint density at radius 3 is 2.48 bits per heavy atom. The molecule has 4 heterocycles. The van der Waals surface area contributed by atoms with Gasteiger partial charge in [0.05, 0.1) is 6.33 Å². The second kappa shape index (κ2) is 8.04. The van der Waals surface area contributed by atoms with E-state index in [-0.39, 0.29) is 18.3 Å². The van der Waals surface area contributed by atoms with Crippen molar-refractivity contribution >= 4 is 17.1 Å². The van der Waals surface area contributed by atoms with E-state index in [9.17, 15) is 4.39 Å². The third-order valence-electron chi connectivity index (χ3n) is 5.47. The molecule has 7 nitrogen and oxygen atoms in total. The summed E-state index contributed by atoms with van der Waals surface area (Å²) < 4.78 is 27.2. The fraction of sp³-hybridized carbons (Fsp3) is 0.476. The molecule has 2 aromatic heterocycles. The summed E-state index contributed by atoms with van der Waals surface area (Å²) in [4.78, 5) is 14.1. The van der Waals surface area contributed by atoms with E-state index in [1.165, 1.54) is 12.1 Å². The molecule has 2 saturated heterocycles. The molecule has 0 amide bonds. The van der Waals surface area contributed by atoms with E-state index in [1.807, 2.05) is 4.57 Å². The molecule has 5 rings (SSSR count). The van der Waals surface area contributed by atoms with Crippen LogP contribution in [0.15, 0.2) is 30.6 Å². The molecule has 1 aromatic carbocycles. The molecule has 1 N–H and O–H groups in total. The highest BCUT2D eigenvalue weighted by Gasteiger charge is 2.23. The fourth-order valence-electron chi connectivity index (χ4n) is 3.94. The summed E-state index contributed by atoms with van der Waals surface area (Å²) in [5.74, 6) is 0.204. The van der Waals surface area contributed by atoms with Crippen LogP contribution < -0.4 is 5.32 Å². The molecule has 8 heteroatoms. The van der Waals surface area contributed by atoms with Gasteiger partial charge in [0, 0.05) is 18.8 Å². The van der Waals surface area contributed by atoms with E-state index in [0.29, 0.717) is 22.8 Å². The van der Waals surface area contributed by atoms with Crippen molar-refractivity contribution < 1.29 is 13.9 Å². The van der Waals surface area contributed by atoms with Gasteiger partial charge in [-0.3, -0.25) is 4.57 Å². The minimum atomic E-state index is -0.283. The molecular formula is C21H24FN5O2. The number of aromatic nitrogens is 4. The molecule has 2 aliphatic heterocycles. The summed E-state index contributed by atoms with van der Waals surface area (Å²) in [6, 6.07) is 6.30. The van der Waals surface area contributed by atoms with Crippen molar-refractivity contribution in [2.24, 2.45) is 0 Å². The Labute approximate surface area is 168 Å². The summed E-state index contributed by atoms with van der Waals surface area (Å²) in [7, 11) is 0. The predicted molar refractivity (Wildman–Crippen MR) is 107 cm³/mol. The zero-order chi connectivity index (χ0) is 19.6. The van der Waals surface area contributed by atoms with Crippen LogP contribution in [0.1, 0.15) is 44.8 Å². The quantitative estimate of drug-likeness (QED) is 0.709. The number of halogens is 1. The largest absolute Gasteiger partial charge is 0.359 e. The van der Waals surface area contributed by atoms with E-state index in [4.69, 9.17) is 19.4 Å². The Hall–Kier alpha value is -2.58. The number of nitrogens with one attached hydrogen (secondary N) is 1. The molecule has 152 valence electrons. The minimum absolute atomic E-state index is 0.0801. The van der Waals surface area contributed by atoms with Crippen LogP contribution in [0.5, 0.6) is 0 Å². The van der Waals surface area contributed by atoms with Gasteiger partial charge in [-0.1, -0.05) is 0 Å². The maximum absolute atomic E-state index is 13.5. The Bertz CT molecular complexity index is 979. The first-order valence-electron chi connectivity index (χ1n) is 10.3. The summed E-state index contributed by atoms with van der Waals surface area (Å²) in [6.45, 7) is 1.47. The second-order valence-electron chi connectivity index (χ2n) is 7.55. The van der Waals surface area contributed by atoms with Gasteiger partial charge in [-0.2, -0.15) is 4.98 Å². The average molecular weight is 397 g/mol. The van der Waals surface area contributed by atoms with Crippen LogP contribution in [0, 0.1) is 5.82 Å². The minimum Gasteiger partial charge on any atom is -0.359 e. The topological polar surface area (TPSA) is 74.1 Å². The first kappa shape index (κ1) is 18.4. The van der Waals surface area contributed by atoms with Gasteiger partial charge in [0.2, 0.25) is 5.95 Å². The van der Waals surface area contributed by atoms with Crippen molar-refractivity contribution in [3.05, 3.63) is 36.4 Å². The number of nitrogens with zero attached hydrogens (tertiary/aromatic N) is 4. The molecule has 0 aliphatic carbocycles. The number of fused-ring (bicyclic) bond motifs is 1. The molecule has 0 saturated carbocycles. The standard InChI is InChI=1S/C21H24FN5O2/c22-15-9-7-14(8-10-15)18-19-20(27(13-23-19)17-6-2-4-12-29-17)26-21(25-18)24-16-5-1-3-11-28-16/h7-10,13,16-17H,1-6,11-12H2,(H,24,25,26). The van der Waals surface area contributed by atoms with Crippen LogP contribution >= 0.6 is 0 Å². The SMILES string of the molecule is Fc1ccc(-c2nc(NC3CCCCO3)nc3c2ncn3C2CCCCO2)cc1. The zero-order valence-electron chi connectivity index (χ0n) is 16.2. The summed E-state index contributed by atoms with van der Waals surface area (Å²) >= 11 is 0. The average Bonchev–Trinajstić information content (AvgIpc) is 3.19. The zero-order valence-corrected chi connectivity index (χ0v) is 16.2. The van der Waals surface area contributed by atoms with Crippen LogP contribution in [0.3, 0.4) is 0 Å². The van der Waals surface area contributed by atoms with E-state index in [1.54, 1.807) is 18.5 Å². The van der Waals surface area contributed by atoms with Gasteiger partial charge in [-0.25, -0.2) is 14.4 Å². The number of anilines is 1. The smallest absolute Gasteiger partial charge is 0.227 e. The van der Waals surface area contributed by atoms with E-state index in [0.717, 1.165) is 57.3 Å². The second-order valence-corrected chi connectivity index (χ2v) is 7.55. The molecule has 0 spiro atoms. The Kier molecular flexibility index (Phi) is 5.12. The lowest BCUT2D eigenvalue weighted by Gasteiger charge is -2.25. The lowest BCUT2D eigenvalue weighted by molar-refractivity contribution is -0.0298. The molecular weight excluding hydrogens is 373 g/mol. The fourth-order valence-corrected chi connectivity index (χ4v) is 3.94. The first-order chi connectivity index (χ1) is 14.3. The van der Waals surface area contributed by atoms with Gasteiger partial charge in [-0.15, -0.1) is 0 Å². The summed E-state index contributed by atoms with van der Waals surface area (Å²) in [5, 5.41) is 3.31. The van der Waals surface area contributed by atoms with Gasteiger partial charge in [0.1, 0.15) is 29.5 Å². The lowest BCUT2D eigenvalue weighted by Crippen LogP contribution is -2.28. The molecule has 29 heavy (non-hydrogen) atoms. The van der Waals surface area contributed by atoms with Gasteiger partial charge < -0.3 is 14.8 Å². The van der Waals surface area contributed by atoms with Crippen molar-refractivity contribution in [2.75, 3.05) is 18.5 Å². The van der Waals surface area contributed by atoms with Crippen molar-refractivity contribution in [1.82, 2.24) is 19.5 Å². The highest BCUT2D eigenvalue weighted by atomic mass is 19.1. The van der Waals surface area contributed by atoms with Gasteiger partial charge >= 0.3 is 0 Å². The normalized spacial score (nSPS) is 22.7. The molecule has 2 atom stereocenters.